The standard InChI is InChI=1S/C77H132O6/c1-4-7-10-13-16-19-22-25-28-31-34-36-38-40-43-46-49-52-55-58-61-64-67-70-76(79)82-73-74(72-81-75(78)69-66-63-60-57-54-51-48-45-42-33-30-27-24-21-18-15-12-9-6-3)83-77(80)71-68-65-62-59-56-53-50-47-44-41-39-37-35-32-29-26-23-20-17-14-11-8-5-2/h7,9-10,12,16,18-19,21,25,27-28,30,34,36,40,42-43,45,74H,4-6,8,11,13-15,17,20,22-24,26,29,31-33,35,37-39,41,44,46-73H2,1-3H3/b10-7-,12-9-,19-16-,21-18-,28-25-,30-27-,36-34-,43-40-,45-42-. The number of esters is 3. The molecule has 0 aromatic heterocycles. The van der Waals surface area contributed by atoms with E-state index >= 15 is 0 Å². The summed E-state index contributed by atoms with van der Waals surface area (Å²) >= 11 is 0. The zero-order valence-electron chi connectivity index (χ0n) is 54.7. The summed E-state index contributed by atoms with van der Waals surface area (Å²) in [6.07, 6.45) is 96.8. The smallest absolute Gasteiger partial charge is 0.306 e. The van der Waals surface area contributed by atoms with Crippen molar-refractivity contribution >= 4 is 17.9 Å². The predicted molar refractivity (Wildman–Crippen MR) is 362 cm³/mol. The van der Waals surface area contributed by atoms with Gasteiger partial charge >= 0.3 is 17.9 Å². The van der Waals surface area contributed by atoms with Crippen LogP contribution in [0.4, 0.5) is 0 Å². The van der Waals surface area contributed by atoms with Crippen molar-refractivity contribution in [3.05, 3.63) is 109 Å². The van der Waals surface area contributed by atoms with Gasteiger partial charge in [0.1, 0.15) is 13.2 Å². The minimum absolute atomic E-state index is 0.0872. The molecule has 0 saturated carbocycles. The van der Waals surface area contributed by atoms with Crippen molar-refractivity contribution in [2.24, 2.45) is 0 Å². The van der Waals surface area contributed by atoms with E-state index in [0.717, 1.165) is 128 Å². The van der Waals surface area contributed by atoms with Crippen LogP contribution < -0.4 is 0 Å². The van der Waals surface area contributed by atoms with E-state index in [1.807, 2.05) is 0 Å². The first-order valence-electron chi connectivity index (χ1n) is 35.4. The van der Waals surface area contributed by atoms with Gasteiger partial charge in [0.2, 0.25) is 0 Å². The Labute approximate surface area is 514 Å². The van der Waals surface area contributed by atoms with E-state index in [2.05, 4.69) is 130 Å². The highest BCUT2D eigenvalue weighted by molar-refractivity contribution is 5.71. The van der Waals surface area contributed by atoms with Crippen molar-refractivity contribution in [2.45, 2.75) is 348 Å². The van der Waals surface area contributed by atoms with Gasteiger partial charge in [0.05, 0.1) is 0 Å². The van der Waals surface area contributed by atoms with Crippen LogP contribution in [0.3, 0.4) is 0 Å². The molecule has 0 aliphatic heterocycles. The van der Waals surface area contributed by atoms with E-state index in [-0.39, 0.29) is 31.1 Å². The van der Waals surface area contributed by atoms with Gasteiger partial charge in [-0.3, -0.25) is 14.4 Å². The fraction of sp³-hybridized carbons (Fsp3) is 0.727. The summed E-state index contributed by atoms with van der Waals surface area (Å²) in [6.45, 7) is 6.44. The second-order valence-corrected chi connectivity index (χ2v) is 23.4. The summed E-state index contributed by atoms with van der Waals surface area (Å²) in [5.74, 6) is -0.895. The highest BCUT2D eigenvalue weighted by Gasteiger charge is 2.19. The third kappa shape index (κ3) is 68.7. The average Bonchev–Trinajstić information content (AvgIpc) is 3.49. The van der Waals surface area contributed by atoms with Gasteiger partial charge in [0.15, 0.2) is 6.10 Å². The predicted octanol–water partition coefficient (Wildman–Crippen LogP) is 24.6. The molecule has 0 fully saturated rings. The van der Waals surface area contributed by atoms with Gasteiger partial charge in [-0.2, -0.15) is 0 Å². The SMILES string of the molecule is CC/C=C\C/C=C\C/C=C\C/C=C\C/C=C\CCCCCCCCCC(=O)OCC(COC(=O)CCCCCCCC/C=C\C/C=C\C/C=C\C/C=C\CC)OC(=O)CCCCCCCCCCCCCCCCCCCCCCCCC. The lowest BCUT2D eigenvalue weighted by Gasteiger charge is -2.18. The van der Waals surface area contributed by atoms with Crippen LogP contribution in [0.15, 0.2) is 109 Å². The molecule has 6 heteroatoms. The lowest BCUT2D eigenvalue weighted by Crippen LogP contribution is -2.30. The number of unbranched alkanes of at least 4 members (excludes halogenated alkanes) is 35. The zero-order chi connectivity index (χ0) is 59.9. The zero-order valence-corrected chi connectivity index (χ0v) is 54.7. The largest absolute Gasteiger partial charge is 0.462 e. The Morgan fingerprint density at radius 1 is 0.253 bits per heavy atom. The topological polar surface area (TPSA) is 78.9 Å². The minimum atomic E-state index is -0.792. The van der Waals surface area contributed by atoms with Gasteiger partial charge in [-0.25, -0.2) is 0 Å². The van der Waals surface area contributed by atoms with Crippen LogP contribution in [-0.2, 0) is 28.6 Å². The number of allylic oxidation sites excluding steroid dienone is 18. The van der Waals surface area contributed by atoms with E-state index < -0.39 is 6.10 Å². The maximum Gasteiger partial charge on any atom is 0.306 e. The summed E-state index contributed by atoms with van der Waals surface area (Å²) in [7, 11) is 0. The molecule has 83 heavy (non-hydrogen) atoms. The molecule has 476 valence electrons. The van der Waals surface area contributed by atoms with Crippen LogP contribution in [0.2, 0.25) is 0 Å². The first-order chi connectivity index (χ1) is 41.0. The molecule has 0 bridgehead atoms. The Kier molecular flexibility index (Phi) is 67.2. The maximum atomic E-state index is 13.0. The van der Waals surface area contributed by atoms with E-state index in [4.69, 9.17) is 14.2 Å². The number of hydrogen-bond acceptors (Lipinski definition) is 6. The molecule has 6 nitrogen and oxygen atoms in total. The summed E-state index contributed by atoms with van der Waals surface area (Å²) < 4.78 is 17.0. The van der Waals surface area contributed by atoms with E-state index in [0.29, 0.717) is 19.3 Å². The normalized spacial score (nSPS) is 12.8. The van der Waals surface area contributed by atoms with Gasteiger partial charge in [-0.05, 0) is 103 Å². The summed E-state index contributed by atoms with van der Waals surface area (Å²) in [5.41, 5.74) is 0. The number of rotatable bonds is 64. The number of ether oxygens (including phenoxy) is 3. The number of hydrogen-bond donors (Lipinski definition) is 0. The Balaban J connectivity index is 4.40. The van der Waals surface area contributed by atoms with Crippen LogP contribution in [0.25, 0.3) is 0 Å². The van der Waals surface area contributed by atoms with Crippen LogP contribution in [0.5, 0.6) is 0 Å². The van der Waals surface area contributed by atoms with Gasteiger partial charge in [0, 0.05) is 19.3 Å². The molecule has 0 aromatic rings. The molecule has 0 heterocycles. The van der Waals surface area contributed by atoms with Crippen molar-refractivity contribution in [2.75, 3.05) is 13.2 Å². The fourth-order valence-corrected chi connectivity index (χ4v) is 10.1. The molecule has 0 N–H and O–H groups in total. The lowest BCUT2D eigenvalue weighted by molar-refractivity contribution is -0.167. The second-order valence-electron chi connectivity index (χ2n) is 23.4. The van der Waals surface area contributed by atoms with E-state index in [1.54, 1.807) is 0 Å². The first-order valence-corrected chi connectivity index (χ1v) is 35.4. The van der Waals surface area contributed by atoms with Crippen molar-refractivity contribution in [3.8, 4) is 0 Å². The summed E-state index contributed by atoms with van der Waals surface area (Å²) in [6, 6.07) is 0. The van der Waals surface area contributed by atoms with Crippen molar-refractivity contribution < 1.29 is 28.6 Å². The molecule has 0 aliphatic rings. The molecule has 0 aliphatic carbocycles. The Morgan fingerprint density at radius 3 is 0.735 bits per heavy atom. The average molecular weight is 1150 g/mol. The first kappa shape index (κ1) is 79.1. The Morgan fingerprint density at radius 2 is 0.470 bits per heavy atom. The quantitative estimate of drug-likeness (QED) is 0.0261. The third-order valence-corrected chi connectivity index (χ3v) is 15.3. The molecule has 0 saturated heterocycles. The fourth-order valence-electron chi connectivity index (χ4n) is 10.1. The van der Waals surface area contributed by atoms with Gasteiger partial charge in [0.25, 0.3) is 0 Å². The van der Waals surface area contributed by atoms with Crippen molar-refractivity contribution in [3.63, 3.8) is 0 Å². The molecule has 0 radical (unpaired) electrons. The van der Waals surface area contributed by atoms with Crippen LogP contribution in [-0.4, -0.2) is 37.2 Å². The number of carbonyl (C=O) groups is 3. The Hall–Kier alpha value is -3.93. The van der Waals surface area contributed by atoms with Crippen LogP contribution in [0.1, 0.15) is 342 Å². The van der Waals surface area contributed by atoms with E-state index in [9.17, 15) is 14.4 Å². The second kappa shape index (κ2) is 70.6. The van der Waals surface area contributed by atoms with Gasteiger partial charge in [-0.1, -0.05) is 329 Å². The molecule has 0 rings (SSSR count). The highest BCUT2D eigenvalue weighted by atomic mass is 16.6. The summed E-state index contributed by atoms with van der Waals surface area (Å²) in [4.78, 5) is 38.5. The molecule has 0 aromatic carbocycles. The van der Waals surface area contributed by atoms with E-state index in [1.165, 1.54) is 173 Å². The minimum Gasteiger partial charge on any atom is -0.462 e. The molecule has 1 unspecified atom stereocenters. The number of carbonyl (C=O) groups excluding carboxylic acids is 3. The monoisotopic (exact) mass is 1150 g/mol. The van der Waals surface area contributed by atoms with Crippen LogP contribution >= 0.6 is 0 Å². The third-order valence-electron chi connectivity index (χ3n) is 15.3. The molecule has 1 atom stereocenters. The summed E-state index contributed by atoms with van der Waals surface area (Å²) in [5, 5.41) is 0. The highest BCUT2D eigenvalue weighted by Crippen LogP contribution is 2.18. The Bertz CT molecular complexity index is 1660. The van der Waals surface area contributed by atoms with Crippen molar-refractivity contribution in [1.82, 2.24) is 0 Å². The molecule has 0 spiro atoms. The maximum absolute atomic E-state index is 13.0. The molecule has 0 amide bonds. The lowest BCUT2D eigenvalue weighted by atomic mass is 10.0. The van der Waals surface area contributed by atoms with Crippen LogP contribution in [0, 0.1) is 0 Å². The molecular formula is C77H132O6. The van der Waals surface area contributed by atoms with Crippen molar-refractivity contribution in [1.29, 1.82) is 0 Å². The van der Waals surface area contributed by atoms with Gasteiger partial charge in [-0.15, -0.1) is 0 Å². The van der Waals surface area contributed by atoms with Gasteiger partial charge < -0.3 is 14.2 Å². The molecular weight excluding hydrogens is 1020 g/mol.